The molecule has 0 aromatic heterocycles. The van der Waals surface area contributed by atoms with Crippen molar-refractivity contribution < 1.29 is 35.9 Å². The van der Waals surface area contributed by atoms with E-state index < -0.39 is 32.8 Å². The average molecular weight is 367 g/mol. The number of ether oxygens (including phenoxy) is 1. The lowest BCUT2D eigenvalue weighted by atomic mass is 9.91. The summed E-state index contributed by atoms with van der Waals surface area (Å²) in [5.74, 6) is -1.88. The summed E-state index contributed by atoms with van der Waals surface area (Å²) < 4.78 is 64.3. The highest BCUT2D eigenvalue weighted by Gasteiger charge is 2.47. The minimum Gasteiger partial charge on any atom is -0.426 e. The van der Waals surface area contributed by atoms with E-state index >= 15 is 0 Å². The van der Waals surface area contributed by atoms with Crippen LogP contribution in [0.2, 0.25) is 0 Å². The van der Waals surface area contributed by atoms with Crippen LogP contribution < -0.4 is 9.46 Å². The van der Waals surface area contributed by atoms with Crippen LogP contribution in [0.5, 0.6) is 5.75 Å². The monoisotopic (exact) mass is 367 g/mol. The molecule has 24 heavy (non-hydrogen) atoms. The average Bonchev–Trinajstić information content (AvgIpc) is 2.46. The van der Waals surface area contributed by atoms with Gasteiger partial charge >= 0.3 is 21.5 Å². The van der Waals surface area contributed by atoms with Crippen molar-refractivity contribution in [1.29, 1.82) is 0 Å². The number of rotatable bonds is 5. The molecule has 0 aliphatic heterocycles. The molecule has 1 N–H and O–H groups in total. The van der Waals surface area contributed by atoms with Crippen molar-refractivity contribution in [2.24, 2.45) is 5.41 Å². The van der Waals surface area contributed by atoms with Crippen LogP contribution in [0, 0.1) is 5.41 Å². The number of halogens is 3. The predicted molar refractivity (Wildman–Crippen MR) is 78.6 cm³/mol. The summed E-state index contributed by atoms with van der Waals surface area (Å²) in [6.07, 6.45) is 0.529. The second-order valence-electron chi connectivity index (χ2n) is 5.53. The third-order valence-corrected chi connectivity index (χ3v) is 4.36. The van der Waals surface area contributed by atoms with Crippen LogP contribution >= 0.6 is 0 Å². The van der Waals surface area contributed by atoms with Gasteiger partial charge in [-0.2, -0.15) is 21.6 Å². The molecule has 0 atom stereocenters. The van der Waals surface area contributed by atoms with Gasteiger partial charge in [0, 0.05) is 5.56 Å². The van der Waals surface area contributed by atoms with Gasteiger partial charge in [0.05, 0.1) is 5.41 Å². The fraction of sp³-hybridized carbons (Fsp3) is 0.429. The Morgan fingerprint density at radius 2 is 1.62 bits per heavy atom. The van der Waals surface area contributed by atoms with Crippen LogP contribution in [-0.4, -0.2) is 25.8 Å². The zero-order valence-electron chi connectivity index (χ0n) is 13.1. The van der Waals surface area contributed by atoms with Crippen molar-refractivity contribution in [3.8, 4) is 5.75 Å². The molecule has 6 nitrogen and oxygen atoms in total. The normalized spacial score (nSPS) is 12.6. The van der Waals surface area contributed by atoms with Gasteiger partial charge in [0.25, 0.3) is 5.91 Å². The zero-order valence-corrected chi connectivity index (χ0v) is 13.9. The van der Waals surface area contributed by atoms with Gasteiger partial charge < -0.3 is 4.74 Å². The minimum absolute atomic E-state index is 0.0803. The number of amides is 1. The topological polar surface area (TPSA) is 89.5 Å². The predicted octanol–water partition coefficient (Wildman–Crippen LogP) is 2.61. The molecule has 1 aromatic rings. The summed E-state index contributed by atoms with van der Waals surface area (Å²) >= 11 is 0. The number of esters is 1. The van der Waals surface area contributed by atoms with E-state index in [9.17, 15) is 31.2 Å². The molecule has 0 aliphatic rings. The Labute approximate surface area is 137 Å². The molecule has 10 heteroatoms. The molecule has 0 heterocycles. The molecule has 134 valence electrons. The first kappa shape index (κ1) is 19.9. The van der Waals surface area contributed by atoms with E-state index in [-0.39, 0.29) is 11.3 Å². The molecule has 0 saturated heterocycles. The van der Waals surface area contributed by atoms with Gasteiger partial charge in [-0.25, -0.2) is 4.72 Å². The molecule has 1 aromatic carbocycles. The molecule has 0 unspecified atom stereocenters. The Hall–Kier alpha value is -2.10. The van der Waals surface area contributed by atoms with Gasteiger partial charge in [0.15, 0.2) is 0 Å². The summed E-state index contributed by atoms with van der Waals surface area (Å²) in [4.78, 5) is 23.4. The van der Waals surface area contributed by atoms with Crippen LogP contribution in [0.4, 0.5) is 13.2 Å². The zero-order chi connectivity index (χ0) is 18.8. The molecule has 0 radical (unpaired) electrons. The Kier molecular flexibility index (Phi) is 5.65. The first-order chi connectivity index (χ1) is 10.8. The Morgan fingerprint density at radius 1 is 1.12 bits per heavy atom. The smallest absolute Gasteiger partial charge is 0.426 e. The number of carbonyl (C=O) groups excluding carboxylic acids is 2. The van der Waals surface area contributed by atoms with Crippen molar-refractivity contribution in [3.63, 3.8) is 0 Å². The van der Waals surface area contributed by atoms with Crippen molar-refractivity contribution in [1.82, 2.24) is 4.72 Å². The maximum absolute atomic E-state index is 12.2. The van der Waals surface area contributed by atoms with Gasteiger partial charge in [0.1, 0.15) is 5.75 Å². The van der Waals surface area contributed by atoms with Crippen LogP contribution in [0.15, 0.2) is 24.3 Å². The Bertz CT molecular complexity index is 724. The lowest BCUT2D eigenvalue weighted by Gasteiger charge is -2.20. The van der Waals surface area contributed by atoms with Crippen LogP contribution in [-0.2, 0) is 14.8 Å². The highest BCUT2D eigenvalue weighted by molar-refractivity contribution is 7.90. The largest absolute Gasteiger partial charge is 0.516 e. The van der Waals surface area contributed by atoms with Gasteiger partial charge in [-0.1, -0.05) is 6.92 Å². The van der Waals surface area contributed by atoms with E-state index in [1.165, 1.54) is 12.1 Å². The van der Waals surface area contributed by atoms with Crippen LogP contribution in [0.1, 0.15) is 37.6 Å². The summed E-state index contributed by atoms with van der Waals surface area (Å²) in [6, 6.07) is 4.45. The first-order valence-electron chi connectivity index (χ1n) is 6.76. The third kappa shape index (κ3) is 4.70. The first-order valence-corrected chi connectivity index (χ1v) is 8.24. The van der Waals surface area contributed by atoms with Gasteiger partial charge in [-0.05, 0) is 44.5 Å². The van der Waals surface area contributed by atoms with Gasteiger partial charge in [0.2, 0.25) is 0 Å². The lowest BCUT2D eigenvalue weighted by Crippen LogP contribution is -2.40. The lowest BCUT2D eigenvalue weighted by molar-refractivity contribution is -0.144. The molecular formula is C14H16F3NO5S. The molecule has 1 amide bonds. The second kappa shape index (κ2) is 6.80. The fourth-order valence-electron chi connectivity index (χ4n) is 1.30. The number of nitrogens with one attached hydrogen (secondary N) is 1. The number of hydrogen-bond donors (Lipinski definition) is 1. The molecule has 1 rings (SSSR count). The molecular weight excluding hydrogens is 351 g/mol. The Morgan fingerprint density at radius 3 is 2.04 bits per heavy atom. The van der Waals surface area contributed by atoms with E-state index in [1.54, 1.807) is 20.8 Å². The fourth-order valence-corrected chi connectivity index (χ4v) is 1.78. The number of alkyl halides is 3. The molecule has 0 saturated carbocycles. The second-order valence-corrected chi connectivity index (χ2v) is 7.21. The molecule has 0 fully saturated rings. The van der Waals surface area contributed by atoms with Crippen molar-refractivity contribution >= 4 is 21.9 Å². The summed E-state index contributed by atoms with van der Waals surface area (Å²) in [6.45, 7) is 5.16. The minimum atomic E-state index is -5.78. The van der Waals surface area contributed by atoms with Crippen LogP contribution in [0.3, 0.4) is 0 Å². The SMILES string of the molecule is CCC(C)(C)C(=O)Oc1ccc(C(=O)NS(=O)(=O)C(F)(F)F)cc1. The Balaban J connectivity index is 2.85. The number of hydrogen-bond acceptors (Lipinski definition) is 5. The third-order valence-electron chi connectivity index (χ3n) is 3.30. The van der Waals surface area contributed by atoms with Crippen LogP contribution in [0.25, 0.3) is 0 Å². The molecule has 0 aliphatic carbocycles. The van der Waals surface area contributed by atoms with E-state index in [1.807, 2.05) is 0 Å². The number of carbonyl (C=O) groups is 2. The summed E-state index contributed by atoms with van der Waals surface area (Å²) in [5.41, 5.74) is -6.65. The van der Waals surface area contributed by atoms with E-state index in [0.717, 1.165) is 16.9 Å². The standard InChI is InChI=1S/C14H16F3NO5S/c1-4-13(2,3)12(20)23-10-7-5-9(6-8-10)11(19)18-24(21,22)14(15,16)17/h5-8H,4H2,1-3H3,(H,18,19). The molecule has 0 bridgehead atoms. The summed E-state index contributed by atoms with van der Waals surface area (Å²) in [7, 11) is -5.78. The maximum atomic E-state index is 12.2. The summed E-state index contributed by atoms with van der Waals surface area (Å²) in [5, 5.41) is 0. The van der Waals surface area contributed by atoms with E-state index in [0.29, 0.717) is 6.42 Å². The van der Waals surface area contributed by atoms with Crippen molar-refractivity contribution in [3.05, 3.63) is 29.8 Å². The highest BCUT2D eigenvalue weighted by atomic mass is 32.2. The number of benzene rings is 1. The van der Waals surface area contributed by atoms with Crippen molar-refractivity contribution in [2.45, 2.75) is 32.7 Å². The number of sulfonamides is 1. The maximum Gasteiger partial charge on any atom is 0.516 e. The van der Waals surface area contributed by atoms with Gasteiger partial charge in [-0.3, -0.25) is 9.59 Å². The molecule has 0 spiro atoms. The van der Waals surface area contributed by atoms with E-state index in [2.05, 4.69) is 0 Å². The quantitative estimate of drug-likeness (QED) is 0.638. The van der Waals surface area contributed by atoms with Crippen molar-refractivity contribution in [2.75, 3.05) is 0 Å². The van der Waals surface area contributed by atoms with Gasteiger partial charge in [-0.15, -0.1) is 0 Å². The van der Waals surface area contributed by atoms with E-state index in [4.69, 9.17) is 4.74 Å². The highest BCUT2D eigenvalue weighted by Crippen LogP contribution is 2.24.